The summed E-state index contributed by atoms with van der Waals surface area (Å²) in [6.45, 7) is 0. The van der Waals surface area contributed by atoms with Gasteiger partial charge in [-0.25, -0.2) is 4.98 Å². The molecule has 0 saturated carbocycles. The van der Waals surface area contributed by atoms with E-state index < -0.39 is 54.4 Å². The fourth-order valence-electron chi connectivity index (χ4n) is 8.12. The van der Waals surface area contributed by atoms with E-state index in [2.05, 4.69) is 4.57 Å². The second kappa shape index (κ2) is 12.3. The van der Waals surface area contributed by atoms with Gasteiger partial charge in [0.2, 0.25) is 5.95 Å². The Bertz CT molecular complexity index is 4040. The average Bonchev–Trinajstić information content (AvgIpc) is 4.03. The number of hydrogen-bond acceptors (Lipinski definition) is 3. The van der Waals surface area contributed by atoms with E-state index in [1.165, 1.54) is 4.57 Å². The van der Waals surface area contributed by atoms with E-state index in [4.69, 9.17) is 20.4 Å². The molecule has 12 rings (SSSR count). The van der Waals surface area contributed by atoms with Crippen LogP contribution < -0.4 is 0 Å². The van der Waals surface area contributed by atoms with E-state index in [0.717, 1.165) is 27.5 Å². The van der Waals surface area contributed by atoms with Crippen molar-refractivity contribution < 1.29 is 13.7 Å². The van der Waals surface area contributed by atoms with Crippen molar-refractivity contribution in [2.45, 2.75) is 0 Å². The molecular formula is C51H32N6. The van der Waals surface area contributed by atoms with Crippen molar-refractivity contribution in [2.75, 3.05) is 0 Å². The Hall–Kier alpha value is -7.83. The summed E-state index contributed by atoms with van der Waals surface area (Å²) in [6.07, 6.45) is 0. The monoisotopic (exact) mass is 738 g/mol. The van der Waals surface area contributed by atoms with Crippen LogP contribution in [0.2, 0.25) is 0 Å². The van der Waals surface area contributed by atoms with Crippen molar-refractivity contribution in [1.82, 2.24) is 28.7 Å². The third-order valence-electron chi connectivity index (χ3n) is 10.6. The van der Waals surface area contributed by atoms with Crippen molar-refractivity contribution in [2.24, 2.45) is 0 Å². The van der Waals surface area contributed by atoms with Crippen molar-refractivity contribution in [1.29, 1.82) is 0 Å². The predicted octanol–water partition coefficient (Wildman–Crippen LogP) is 12.5. The fraction of sp³-hybridized carbons (Fsp3) is 0. The van der Waals surface area contributed by atoms with E-state index in [1.807, 2.05) is 133 Å². The Morgan fingerprint density at radius 1 is 0.351 bits per heavy atom. The van der Waals surface area contributed by atoms with Crippen LogP contribution in [-0.4, -0.2) is 28.7 Å². The zero-order valence-electron chi connectivity index (χ0n) is 39.9. The molecule has 8 aromatic carbocycles. The van der Waals surface area contributed by atoms with Gasteiger partial charge in [0.05, 0.1) is 46.8 Å². The van der Waals surface area contributed by atoms with Crippen LogP contribution in [0.3, 0.4) is 0 Å². The summed E-state index contributed by atoms with van der Waals surface area (Å²) in [7, 11) is 0. The second-order valence-electron chi connectivity index (χ2n) is 13.7. The molecule has 4 heterocycles. The van der Waals surface area contributed by atoms with E-state index in [1.54, 1.807) is 4.57 Å². The standard InChI is InChI=1S/C51H32N6/c1-4-16-33(17-5-1)49-52-50(34-18-6-2-7-19-34)54-51(53-49)57-45-27-15-12-24-39(45)42-31-30-41-38-23-11-14-26-44(38)56(47(41)48(42)57)36-28-29-40-37-22-10-13-25-43(37)55(46(40)32-36)35-20-8-3-9-21-35/h1-32H/i11D,12D,14D,15D,23D,24D,26D,27D,30D,31D. The molecule has 0 amide bonds. The van der Waals surface area contributed by atoms with Crippen LogP contribution in [0, 0.1) is 0 Å². The van der Waals surface area contributed by atoms with Crippen LogP contribution >= 0.6 is 0 Å². The van der Waals surface area contributed by atoms with E-state index >= 15 is 0 Å². The topological polar surface area (TPSA) is 53.5 Å². The summed E-state index contributed by atoms with van der Waals surface area (Å²) in [5.41, 5.74) is 4.50. The molecule has 0 bridgehead atoms. The quantitative estimate of drug-likeness (QED) is 0.177. The Labute approximate surface area is 341 Å². The second-order valence-corrected chi connectivity index (χ2v) is 13.7. The van der Waals surface area contributed by atoms with Gasteiger partial charge in [-0.3, -0.25) is 4.57 Å². The van der Waals surface area contributed by atoms with Gasteiger partial charge in [0, 0.05) is 54.8 Å². The van der Waals surface area contributed by atoms with Crippen molar-refractivity contribution >= 4 is 65.4 Å². The van der Waals surface area contributed by atoms with Gasteiger partial charge in [-0.05, 0) is 42.4 Å². The Balaban J connectivity index is 1.35. The highest BCUT2D eigenvalue weighted by Gasteiger charge is 2.24. The summed E-state index contributed by atoms with van der Waals surface area (Å²) in [5.74, 6) is 0.435. The number of fused-ring (bicyclic) bond motifs is 10. The lowest BCUT2D eigenvalue weighted by Crippen LogP contribution is -2.07. The average molecular weight is 739 g/mol. The molecule has 0 fully saturated rings. The highest BCUT2D eigenvalue weighted by Crippen LogP contribution is 2.42. The van der Waals surface area contributed by atoms with Crippen LogP contribution in [0.15, 0.2) is 194 Å². The van der Waals surface area contributed by atoms with Crippen LogP contribution in [0.1, 0.15) is 13.7 Å². The first kappa shape index (κ1) is 23.2. The van der Waals surface area contributed by atoms with Crippen LogP contribution in [0.4, 0.5) is 0 Å². The number of benzene rings is 8. The molecule has 6 nitrogen and oxygen atoms in total. The molecule has 0 N–H and O–H groups in total. The van der Waals surface area contributed by atoms with Gasteiger partial charge in [0.1, 0.15) is 0 Å². The minimum atomic E-state index is -0.549. The largest absolute Gasteiger partial charge is 0.309 e. The third kappa shape index (κ3) is 4.74. The Kier molecular flexibility index (Phi) is 5.02. The molecule has 4 aromatic heterocycles. The zero-order chi connectivity index (χ0) is 46.2. The Morgan fingerprint density at radius 2 is 0.877 bits per heavy atom. The van der Waals surface area contributed by atoms with Crippen LogP contribution in [0.25, 0.3) is 106 Å². The van der Waals surface area contributed by atoms with Gasteiger partial charge < -0.3 is 9.13 Å². The molecule has 0 aliphatic heterocycles. The number of para-hydroxylation sites is 4. The SMILES string of the molecule is [2H]c1c([2H])c([2H])c2c(c1[2H])c1c([2H])c([2H])c3c4c([2H])c([2H])c([2H])c([2H])c4n(-c4nc(-c5ccccc5)nc(-c5ccccc5)n4)c3c1n2-c1ccc2c3ccccc3n(-c3ccccc3)c2c1. The smallest absolute Gasteiger partial charge is 0.238 e. The maximum absolute atomic E-state index is 9.77. The summed E-state index contributed by atoms with van der Waals surface area (Å²) in [4.78, 5) is 14.9. The molecule has 6 heteroatoms. The first-order chi connectivity index (χ1) is 32.5. The molecule has 57 heavy (non-hydrogen) atoms. The minimum Gasteiger partial charge on any atom is -0.309 e. The van der Waals surface area contributed by atoms with Crippen molar-refractivity contribution in [3.8, 4) is 40.1 Å². The molecule has 0 saturated heterocycles. The molecule has 0 aliphatic carbocycles. The maximum atomic E-state index is 9.77. The van der Waals surface area contributed by atoms with Gasteiger partial charge >= 0.3 is 0 Å². The molecule has 0 atom stereocenters. The molecule has 0 unspecified atom stereocenters. The first-order valence-electron chi connectivity index (χ1n) is 23.4. The lowest BCUT2D eigenvalue weighted by atomic mass is 10.1. The summed E-state index contributed by atoms with van der Waals surface area (Å²) in [6, 6.07) is 37.4. The van der Waals surface area contributed by atoms with Crippen LogP contribution in [-0.2, 0) is 0 Å². The van der Waals surface area contributed by atoms with Crippen molar-refractivity contribution in [3.05, 3.63) is 194 Å². The summed E-state index contributed by atoms with van der Waals surface area (Å²) < 4.78 is 98.3. The number of nitrogens with zero attached hydrogens (tertiary/aromatic N) is 6. The highest BCUT2D eigenvalue weighted by atomic mass is 15.2. The minimum absolute atomic E-state index is 0.00735. The van der Waals surface area contributed by atoms with E-state index in [9.17, 15) is 8.22 Å². The van der Waals surface area contributed by atoms with Gasteiger partial charge in [0.15, 0.2) is 11.6 Å². The molecular weight excluding hydrogens is 697 g/mol. The normalized spacial score (nSPS) is 14.3. The van der Waals surface area contributed by atoms with E-state index in [-0.39, 0.29) is 67.3 Å². The molecule has 12 aromatic rings. The zero-order valence-corrected chi connectivity index (χ0v) is 29.9. The predicted molar refractivity (Wildman–Crippen MR) is 234 cm³/mol. The number of rotatable bonds is 5. The van der Waals surface area contributed by atoms with Crippen LogP contribution in [0.5, 0.6) is 0 Å². The summed E-state index contributed by atoms with van der Waals surface area (Å²) in [5, 5.41) is 1.83. The maximum Gasteiger partial charge on any atom is 0.238 e. The molecule has 0 aliphatic rings. The molecule has 266 valence electrons. The van der Waals surface area contributed by atoms with Gasteiger partial charge in [-0.2, -0.15) is 9.97 Å². The number of aromatic nitrogens is 6. The first-order valence-corrected chi connectivity index (χ1v) is 18.4. The van der Waals surface area contributed by atoms with Gasteiger partial charge in [0.25, 0.3) is 0 Å². The lowest BCUT2D eigenvalue weighted by molar-refractivity contribution is 0.953. The highest BCUT2D eigenvalue weighted by molar-refractivity contribution is 6.24. The summed E-state index contributed by atoms with van der Waals surface area (Å²) >= 11 is 0. The number of hydrogen-bond donors (Lipinski definition) is 0. The molecule has 0 radical (unpaired) electrons. The lowest BCUT2D eigenvalue weighted by Gasteiger charge is -2.14. The van der Waals surface area contributed by atoms with Gasteiger partial charge in [-0.1, -0.05) is 151 Å². The van der Waals surface area contributed by atoms with E-state index in [0.29, 0.717) is 16.8 Å². The fourth-order valence-corrected chi connectivity index (χ4v) is 8.12. The molecule has 0 spiro atoms. The van der Waals surface area contributed by atoms with Crippen molar-refractivity contribution in [3.63, 3.8) is 0 Å². The Morgan fingerprint density at radius 3 is 1.53 bits per heavy atom. The van der Waals surface area contributed by atoms with Gasteiger partial charge in [-0.15, -0.1) is 0 Å². The third-order valence-corrected chi connectivity index (χ3v) is 10.6.